The van der Waals surface area contributed by atoms with Crippen LogP contribution in [0.1, 0.15) is 36.5 Å². The van der Waals surface area contributed by atoms with Gasteiger partial charge < -0.3 is 20.4 Å². The van der Waals surface area contributed by atoms with Crippen LogP contribution in [-0.4, -0.2) is 65.4 Å². The van der Waals surface area contributed by atoms with Gasteiger partial charge in [-0.2, -0.15) is 0 Å². The van der Waals surface area contributed by atoms with E-state index in [1.165, 1.54) is 18.2 Å². The number of likely N-dealkylation sites (tertiary alicyclic amines) is 1. The minimum Gasteiger partial charge on any atom is -0.504 e. The van der Waals surface area contributed by atoms with Crippen molar-refractivity contribution in [2.75, 3.05) is 42.9 Å². The predicted octanol–water partition coefficient (Wildman–Crippen LogP) is 3.56. The maximum Gasteiger partial charge on any atom is 0.259 e. The predicted molar refractivity (Wildman–Crippen MR) is 150 cm³/mol. The SMILES string of the molecule is C[C@@H](C(=O)CN1CC[C@@H](C(=O)Nc2ccc(O)c(O)c2)C1)C1CCN(c2ccc(C(=O)NI)cc2)CC1. The number of amides is 2. The van der Waals surface area contributed by atoms with Crippen LogP contribution in [0.4, 0.5) is 11.4 Å². The summed E-state index contributed by atoms with van der Waals surface area (Å²) in [5.74, 6) is -0.492. The molecule has 0 unspecified atom stereocenters. The molecular weight excluding hydrogens is 587 g/mol. The summed E-state index contributed by atoms with van der Waals surface area (Å²) in [5.41, 5.74) is 2.15. The van der Waals surface area contributed by atoms with Crippen molar-refractivity contribution in [3.05, 3.63) is 48.0 Å². The summed E-state index contributed by atoms with van der Waals surface area (Å²) in [6, 6.07) is 11.8. The van der Waals surface area contributed by atoms with Gasteiger partial charge in [-0.25, -0.2) is 0 Å². The highest BCUT2D eigenvalue weighted by Crippen LogP contribution is 2.30. The maximum atomic E-state index is 13.1. The third kappa shape index (κ3) is 6.72. The molecule has 2 atom stereocenters. The Hall–Kier alpha value is -2.86. The Balaban J connectivity index is 1.22. The zero-order valence-corrected chi connectivity index (χ0v) is 23.0. The molecule has 2 aliphatic heterocycles. The van der Waals surface area contributed by atoms with E-state index in [0.29, 0.717) is 43.2 Å². The van der Waals surface area contributed by atoms with Crippen LogP contribution in [0.3, 0.4) is 0 Å². The van der Waals surface area contributed by atoms with Crippen molar-refractivity contribution in [1.82, 2.24) is 8.43 Å². The molecule has 10 heteroatoms. The molecule has 2 saturated heterocycles. The van der Waals surface area contributed by atoms with Gasteiger partial charge in [-0.15, -0.1) is 0 Å². The van der Waals surface area contributed by atoms with Crippen molar-refractivity contribution in [3.8, 4) is 11.5 Å². The van der Waals surface area contributed by atoms with E-state index in [1.807, 2.05) is 54.1 Å². The van der Waals surface area contributed by atoms with Crippen molar-refractivity contribution >= 4 is 51.8 Å². The molecule has 198 valence electrons. The minimum absolute atomic E-state index is 0.0373. The first-order chi connectivity index (χ1) is 17.7. The molecule has 9 nitrogen and oxygen atoms in total. The summed E-state index contributed by atoms with van der Waals surface area (Å²) in [6.45, 7) is 5.35. The fraction of sp³-hybridized carbons (Fsp3) is 0.444. The molecule has 0 radical (unpaired) electrons. The zero-order valence-electron chi connectivity index (χ0n) is 20.8. The molecule has 0 bridgehead atoms. The number of phenolic OH excluding ortho intramolecular Hbond substituents is 2. The number of halogens is 1. The molecule has 2 fully saturated rings. The van der Waals surface area contributed by atoms with Gasteiger partial charge >= 0.3 is 0 Å². The van der Waals surface area contributed by atoms with E-state index in [1.54, 1.807) is 0 Å². The number of phenols is 2. The quantitative estimate of drug-likeness (QED) is 0.154. The number of piperidine rings is 1. The van der Waals surface area contributed by atoms with Crippen molar-refractivity contribution in [2.24, 2.45) is 17.8 Å². The van der Waals surface area contributed by atoms with Crippen molar-refractivity contribution in [2.45, 2.75) is 26.2 Å². The molecule has 37 heavy (non-hydrogen) atoms. The van der Waals surface area contributed by atoms with Gasteiger partial charge in [0.25, 0.3) is 5.91 Å². The Kier molecular flexibility index (Phi) is 8.91. The highest BCUT2D eigenvalue weighted by atomic mass is 127. The number of aromatic hydroxyl groups is 2. The first kappa shape index (κ1) is 27.2. The van der Waals surface area contributed by atoms with E-state index < -0.39 is 0 Å². The van der Waals surface area contributed by atoms with Crippen LogP contribution in [0.5, 0.6) is 11.5 Å². The van der Waals surface area contributed by atoms with Crippen LogP contribution in [0.2, 0.25) is 0 Å². The lowest BCUT2D eigenvalue weighted by molar-refractivity contribution is -0.125. The lowest BCUT2D eigenvalue weighted by Crippen LogP contribution is -2.40. The van der Waals surface area contributed by atoms with Crippen LogP contribution >= 0.6 is 22.9 Å². The van der Waals surface area contributed by atoms with E-state index >= 15 is 0 Å². The molecule has 0 saturated carbocycles. The second-order valence-electron chi connectivity index (χ2n) is 9.96. The van der Waals surface area contributed by atoms with Crippen LogP contribution in [0.15, 0.2) is 42.5 Å². The fourth-order valence-electron chi connectivity index (χ4n) is 5.20. The number of Topliss-reactive ketones (excluding diaryl/α,β-unsaturated/α-hetero) is 1. The summed E-state index contributed by atoms with van der Waals surface area (Å²) in [7, 11) is 0. The lowest BCUT2D eigenvalue weighted by Gasteiger charge is -2.36. The molecule has 2 aromatic rings. The molecule has 2 aromatic carbocycles. The first-order valence-corrected chi connectivity index (χ1v) is 13.7. The fourth-order valence-corrected chi connectivity index (χ4v) is 5.51. The van der Waals surface area contributed by atoms with Gasteiger partial charge in [0.15, 0.2) is 11.5 Å². The second-order valence-corrected chi connectivity index (χ2v) is 10.5. The summed E-state index contributed by atoms with van der Waals surface area (Å²) in [4.78, 5) is 41.8. The largest absolute Gasteiger partial charge is 0.504 e. The molecule has 2 aliphatic rings. The van der Waals surface area contributed by atoms with E-state index in [0.717, 1.165) is 31.6 Å². The second kappa shape index (κ2) is 12.1. The van der Waals surface area contributed by atoms with Crippen LogP contribution in [0.25, 0.3) is 0 Å². The number of carbonyl (C=O) groups is 3. The zero-order chi connectivity index (χ0) is 26.5. The van der Waals surface area contributed by atoms with Gasteiger partial charge in [0.05, 0.1) is 35.3 Å². The van der Waals surface area contributed by atoms with Crippen molar-refractivity contribution in [3.63, 3.8) is 0 Å². The number of carbonyl (C=O) groups excluding carboxylic acids is 3. The number of rotatable bonds is 8. The Morgan fingerprint density at radius 1 is 1.00 bits per heavy atom. The van der Waals surface area contributed by atoms with Gasteiger partial charge in [0.2, 0.25) is 5.91 Å². The standard InChI is InChI=1S/C27H33IN4O5/c1-17(18-9-12-32(13-10-18)22-5-2-19(3-6-22)27(37)30-28)25(35)16-31-11-8-20(15-31)26(36)29-21-4-7-23(33)24(34)14-21/h2-7,14,17-18,20,33-34H,8-13,15-16H2,1H3,(H,29,36)(H,30,37)/t17-,20-/m1/s1. The highest BCUT2D eigenvalue weighted by Gasteiger charge is 2.33. The Morgan fingerprint density at radius 3 is 2.35 bits per heavy atom. The van der Waals surface area contributed by atoms with E-state index in [-0.39, 0.29) is 40.9 Å². The molecule has 4 rings (SSSR count). The number of hydrogen-bond acceptors (Lipinski definition) is 7. The molecule has 0 aliphatic carbocycles. The van der Waals surface area contributed by atoms with E-state index in [2.05, 4.69) is 18.6 Å². The third-order valence-electron chi connectivity index (χ3n) is 7.60. The third-order valence-corrected chi connectivity index (χ3v) is 8.09. The molecule has 0 aromatic heterocycles. The molecule has 2 heterocycles. The number of ketones is 1. The van der Waals surface area contributed by atoms with Gasteiger partial charge in [0.1, 0.15) is 5.78 Å². The summed E-state index contributed by atoms with van der Waals surface area (Å²) in [6.07, 6.45) is 2.55. The topological polar surface area (TPSA) is 122 Å². The average Bonchev–Trinajstić information content (AvgIpc) is 3.38. The number of hydrogen-bond donors (Lipinski definition) is 4. The summed E-state index contributed by atoms with van der Waals surface area (Å²) >= 11 is 1.83. The minimum atomic E-state index is -0.282. The van der Waals surface area contributed by atoms with Crippen molar-refractivity contribution < 1.29 is 24.6 Å². The number of benzene rings is 2. The van der Waals surface area contributed by atoms with Crippen LogP contribution in [0, 0.1) is 17.8 Å². The highest BCUT2D eigenvalue weighted by molar-refractivity contribution is 14.1. The summed E-state index contributed by atoms with van der Waals surface area (Å²) in [5, 5.41) is 21.8. The van der Waals surface area contributed by atoms with Gasteiger partial charge in [-0.05, 0) is 68.1 Å². The number of nitrogens with zero attached hydrogens (tertiary/aromatic N) is 2. The van der Waals surface area contributed by atoms with Crippen LogP contribution < -0.4 is 13.7 Å². The molecule has 0 spiro atoms. The van der Waals surface area contributed by atoms with E-state index in [4.69, 9.17) is 0 Å². The Labute approximate surface area is 230 Å². The van der Waals surface area contributed by atoms with Crippen LogP contribution in [-0.2, 0) is 9.59 Å². The number of anilines is 2. The molecule has 2 amide bonds. The summed E-state index contributed by atoms with van der Waals surface area (Å²) < 4.78 is 2.60. The van der Waals surface area contributed by atoms with Gasteiger partial charge in [-0.3, -0.25) is 22.8 Å². The monoisotopic (exact) mass is 620 g/mol. The smallest absolute Gasteiger partial charge is 0.259 e. The molecular formula is C27H33IN4O5. The van der Waals surface area contributed by atoms with Gasteiger partial charge in [0, 0.05) is 48.6 Å². The Morgan fingerprint density at radius 2 is 1.70 bits per heavy atom. The first-order valence-electron chi connectivity index (χ1n) is 12.6. The van der Waals surface area contributed by atoms with Gasteiger partial charge in [-0.1, -0.05) is 6.92 Å². The maximum absolute atomic E-state index is 13.1. The van der Waals surface area contributed by atoms with E-state index in [9.17, 15) is 24.6 Å². The Bertz CT molecular complexity index is 1130. The molecule has 4 N–H and O–H groups in total. The average molecular weight is 620 g/mol. The number of nitrogens with one attached hydrogen (secondary N) is 2. The lowest BCUT2D eigenvalue weighted by atomic mass is 9.82. The van der Waals surface area contributed by atoms with Crippen molar-refractivity contribution in [1.29, 1.82) is 0 Å². The normalized spacial score (nSPS) is 19.4.